The quantitative estimate of drug-likeness (QED) is 0.640. The summed E-state index contributed by atoms with van der Waals surface area (Å²) in [5.74, 6) is -2.26. The number of carbonyl (C=O) groups excluding carboxylic acids is 4. The van der Waals surface area contributed by atoms with Gasteiger partial charge in [-0.25, -0.2) is 4.79 Å². The smallest absolute Gasteiger partial charge is 0.355 e. The standard InChI is InChI=1S/C14H12N2O5S/c1-8(17)9-5-10(15-6-9)14(20)21-7-12(18)16-13(19)11-3-2-4-22-11/h2-6,15H,7H2,1H3,(H,16,18,19). The third kappa shape index (κ3) is 3.89. The largest absolute Gasteiger partial charge is 0.451 e. The van der Waals surface area contributed by atoms with Gasteiger partial charge in [0.2, 0.25) is 0 Å². The number of hydrogen-bond acceptors (Lipinski definition) is 6. The summed E-state index contributed by atoms with van der Waals surface area (Å²) in [4.78, 5) is 48.9. The second kappa shape index (κ2) is 6.81. The van der Waals surface area contributed by atoms with Crippen LogP contribution in [-0.4, -0.2) is 35.2 Å². The minimum absolute atomic E-state index is 0.0579. The third-order valence-electron chi connectivity index (χ3n) is 2.64. The monoisotopic (exact) mass is 320 g/mol. The molecule has 0 aliphatic carbocycles. The number of H-pyrrole nitrogens is 1. The molecule has 0 bridgehead atoms. The second-order valence-corrected chi connectivity index (χ2v) is 5.24. The van der Waals surface area contributed by atoms with Crippen LogP contribution < -0.4 is 5.32 Å². The Hall–Kier alpha value is -2.74. The van der Waals surface area contributed by atoms with Gasteiger partial charge in [0.25, 0.3) is 11.8 Å². The van der Waals surface area contributed by atoms with Gasteiger partial charge in [-0.15, -0.1) is 11.3 Å². The van der Waals surface area contributed by atoms with Crippen LogP contribution in [-0.2, 0) is 9.53 Å². The number of amides is 2. The number of aromatic amines is 1. The Morgan fingerprint density at radius 2 is 2.09 bits per heavy atom. The van der Waals surface area contributed by atoms with Gasteiger partial charge in [0.05, 0.1) is 4.88 Å². The lowest BCUT2D eigenvalue weighted by Gasteiger charge is -2.03. The maximum atomic E-state index is 11.7. The van der Waals surface area contributed by atoms with E-state index in [0.717, 1.165) is 0 Å². The van der Waals surface area contributed by atoms with E-state index in [9.17, 15) is 19.2 Å². The zero-order valence-corrected chi connectivity index (χ0v) is 12.4. The molecule has 0 aliphatic rings. The molecule has 0 saturated carbocycles. The van der Waals surface area contributed by atoms with Gasteiger partial charge in [-0.3, -0.25) is 19.7 Å². The first kappa shape index (κ1) is 15.6. The summed E-state index contributed by atoms with van der Waals surface area (Å²) >= 11 is 1.19. The third-order valence-corrected chi connectivity index (χ3v) is 3.51. The normalized spacial score (nSPS) is 10.0. The topological polar surface area (TPSA) is 105 Å². The predicted octanol–water partition coefficient (Wildman–Crippen LogP) is 1.39. The molecule has 2 N–H and O–H groups in total. The Kier molecular flexibility index (Phi) is 4.84. The average Bonchev–Trinajstić information content (AvgIpc) is 3.15. The van der Waals surface area contributed by atoms with Gasteiger partial charge in [0, 0.05) is 11.8 Å². The fourth-order valence-corrected chi connectivity index (χ4v) is 2.18. The van der Waals surface area contributed by atoms with E-state index in [4.69, 9.17) is 4.74 Å². The molecule has 2 rings (SSSR count). The first-order valence-corrected chi connectivity index (χ1v) is 7.09. The number of ketones is 1. The Morgan fingerprint density at radius 1 is 1.32 bits per heavy atom. The van der Waals surface area contributed by atoms with E-state index in [1.165, 1.54) is 30.5 Å². The van der Waals surface area contributed by atoms with E-state index < -0.39 is 24.4 Å². The highest BCUT2D eigenvalue weighted by atomic mass is 32.1. The van der Waals surface area contributed by atoms with Gasteiger partial charge >= 0.3 is 5.97 Å². The zero-order valence-electron chi connectivity index (χ0n) is 11.5. The first-order valence-electron chi connectivity index (χ1n) is 6.21. The van der Waals surface area contributed by atoms with E-state index in [1.54, 1.807) is 17.5 Å². The molecule has 0 aromatic carbocycles. The number of carbonyl (C=O) groups is 4. The summed E-state index contributed by atoms with van der Waals surface area (Å²) in [6, 6.07) is 4.59. The summed E-state index contributed by atoms with van der Waals surface area (Å²) in [5.41, 5.74) is 0.395. The number of rotatable bonds is 5. The van der Waals surface area contributed by atoms with Crippen molar-refractivity contribution in [3.8, 4) is 0 Å². The van der Waals surface area contributed by atoms with Crippen molar-refractivity contribution in [1.82, 2.24) is 10.3 Å². The van der Waals surface area contributed by atoms with Crippen molar-refractivity contribution in [3.63, 3.8) is 0 Å². The molecule has 0 spiro atoms. The Bertz CT molecular complexity index is 717. The summed E-state index contributed by atoms with van der Waals surface area (Å²) < 4.78 is 4.76. The number of imide groups is 1. The average molecular weight is 320 g/mol. The van der Waals surface area contributed by atoms with Crippen molar-refractivity contribution in [2.45, 2.75) is 6.92 Å². The summed E-state index contributed by atoms with van der Waals surface area (Å²) in [7, 11) is 0. The summed E-state index contributed by atoms with van der Waals surface area (Å²) in [5, 5.41) is 3.81. The summed E-state index contributed by atoms with van der Waals surface area (Å²) in [6.45, 7) is 0.770. The van der Waals surface area contributed by atoms with E-state index in [1.807, 2.05) is 0 Å². The molecule has 0 saturated heterocycles. The Labute approximate surface area is 129 Å². The van der Waals surface area contributed by atoms with E-state index in [0.29, 0.717) is 10.4 Å². The van der Waals surface area contributed by atoms with Gasteiger partial charge in [-0.1, -0.05) is 6.07 Å². The number of aromatic nitrogens is 1. The van der Waals surface area contributed by atoms with Crippen LogP contribution >= 0.6 is 11.3 Å². The van der Waals surface area contributed by atoms with Crippen molar-refractivity contribution >= 4 is 34.9 Å². The molecule has 2 amide bonds. The number of ether oxygens (including phenoxy) is 1. The van der Waals surface area contributed by atoms with Gasteiger partial charge in [-0.2, -0.15) is 0 Å². The van der Waals surface area contributed by atoms with Gasteiger partial charge < -0.3 is 9.72 Å². The van der Waals surface area contributed by atoms with Crippen molar-refractivity contribution in [3.05, 3.63) is 45.9 Å². The number of esters is 1. The molecule has 0 aliphatic heterocycles. The molecule has 2 aromatic heterocycles. The minimum Gasteiger partial charge on any atom is -0.451 e. The molecule has 7 nitrogen and oxygen atoms in total. The maximum Gasteiger partial charge on any atom is 0.355 e. The molecule has 8 heteroatoms. The van der Waals surface area contributed by atoms with Crippen molar-refractivity contribution in [1.29, 1.82) is 0 Å². The van der Waals surface area contributed by atoms with Crippen molar-refractivity contribution in [2.24, 2.45) is 0 Å². The maximum absolute atomic E-state index is 11.7. The lowest BCUT2D eigenvalue weighted by molar-refractivity contribution is -0.123. The predicted molar refractivity (Wildman–Crippen MR) is 77.9 cm³/mol. The molecule has 22 heavy (non-hydrogen) atoms. The number of thiophene rings is 1. The highest BCUT2D eigenvalue weighted by Gasteiger charge is 2.16. The Balaban J connectivity index is 1.84. The van der Waals surface area contributed by atoms with Crippen molar-refractivity contribution in [2.75, 3.05) is 6.61 Å². The van der Waals surface area contributed by atoms with Crippen LogP contribution in [0.4, 0.5) is 0 Å². The van der Waals surface area contributed by atoms with Crippen LogP contribution in [0.1, 0.15) is 37.4 Å². The van der Waals surface area contributed by atoms with Gasteiger partial charge in [0.15, 0.2) is 12.4 Å². The molecular formula is C14H12N2O5S. The molecule has 2 heterocycles. The zero-order chi connectivity index (χ0) is 16.1. The molecule has 0 radical (unpaired) electrons. The van der Waals surface area contributed by atoms with Crippen LogP contribution in [0.5, 0.6) is 0 Å². The molecule has 0 atom stereocenters. The van der Waals surface area contributed by atoms with Crippen LogP contribution in [0.2, 0.25) is 0 Å². The summed E-state index contributed by atoms with van der Waals surface area (Å²) in [6.07, 6.45) is 1.37. The van der Waals surface area contributed by atoms with Crippen LogP contribution in [0.25, 0.3) is 0 Å². The second-order valence-electron chi connectivity index (χ2n) is 4.29. The highest BCUT2D eigenvalue weighted by molar-refractivity contribution is 7.12. The van der Waals surface area contributed by atoms with E-state index in [2.05, 4.69) is 10.3 Å². The molecule has 0 unspecified atom stereocenters. The van der Waals surface area contributed by atoms with Gasteiger partial charge in [-0.05, 0) is 24.4 Å². The molecule has 0 fully saturated rings. The molecule has 114 valence electrons. The number of nitrogens with one attached hydrogen (secondary N) is 2. The van der Waals surface area contributed by atoms with E-state index >= 15 is 0 Å². The number of Topliss-reactive ketones (excluding diaryl/α,β-unsaturated/α-hetero) is 1. The van der Waals surface area contributed by atoms with Crippen molar-refractivity contribution < 1.29 is 23.9 Å². The van der Waals surface area contributed by atoms with Crippen LogP contribution in [0.15, 0.2) is 29.8 Å². The van der Waals surface area contributed by atoms with Gasteiger partial charge in [0.1, 0.15) is 5.69 Å². The minimum atomic E-state index is -0.786. The first-order chi connectivity index (χ1) is 10.5. The SMILES string of the molecule is CC(=O)c1c[nH]c(C(=O)OCC(=O)NC(=O)c2cccs2)c1. The lowest BCUT2D eigenvalue weighted by Crippen LogP contribution is -2.33. The fraction of sp³-hybridized carbons (Fsp3) is 0.143. The molecule has 2 aromatic rings. The van der Waals surface area contributed by atoms with Crippen LogP contribution in [0.3, 0.4) is 0 Å². The Morgan fingerprint density at radius 3 is 2.68 bits per heavy atom. The van der Waals surface area contributed by atoms with Crippen LogP contribution in [0, 0.1) is 0 Å². The lowest BCUT2D eigenvalue weighted by atomic mass is 10.2. The van der Waals surface area contributed by atoms with E-state index in [-0.39, 0.29) is 11.5 Å². The highest BCUT2D eigenvalue weighted by Crippen LogP contribution is 2.08. The number of hydrogen-bond donors (Lipinski definition) is 2. The fourth-order valence-electron chi connectivity index (χ4n) is 1.56. The molecular weight excluding hydrogens is 308 g/mol.